The average Bonchev–Trinajstić information content (AvgIpc) is 2.90. The molecule has 0 aliphatic carbocycles. The van der Waals surface area contributed by atoms with E-state index < -0.39 is 0 Å². The molecule has 1 heterocycles. The van der Waals surface area contributed by atoms with Gasteiger partial charge in [0, 0.05) is 5.69 Å². The van der Waals surface area contributed by atoms with Crippen molar-refractivity contribution in [3.63, 3.8) is 0 Å². The number of aromatic nitrogens is 2. The molecule has 0 aliphatic rings. The van der Waals surface area contributed by atoms with Gasteiger partial charge in [0.25, 0.3) is 0 Å². The molecule has 0 saturated heterocycles. The first-order valence-electron chi connectivity index (χ1n) is 7.09. The second-order valence-corrected chi connectivity index (χ2v) is 4.58. The number of ether oxygens (including phenoxy) is 2. The molecule has 0 bridgehead atoms. The summed E-state index contributed by atoms with van der Waals surface area (Å²) in [6, 6.07) is 9.81. The molecule has 0 atom stereocenters. The average molecular weight is 274 g/mol. The lowest BCUT2D eigenvalue weighted by atomic mass is 10.3. The van der Waals surface area contributed by atoms with Crippen molar-refractivity contribution >= 4 is 0 Å². The van der Waals surface area contributed by atoms with E-state index in [1.807, 2.05) is 28.9 Å². The van der Waals surface area contributed by atoms with E-state index in [4.69, 9.17) is 9.47 Å². The third kappa shape index (κ3) is 3.53. The van der Waals surface area contributed by atoms with Crippen molar-refractivity contribution in [1.82, 2.24) is 9.78 Å². The Bertz CT molecular complexity index is 532. The zero-order valence-corrected chi connectivity index (χ0v) is 12.4. The fourth-order valence-electron chi connectivity index (χ4n) is 2.09. The summed E-state index contributed by atoms with van der Waals surface area (Å²) in [5.41, 5.74) is 2.41. The predicted molar refractivity (Wildman–Crippen MR) is 79.5 cm³/mol. The standard InChI is InChI=1S/C16H22N2O2/c1-4-13-12-14(5-2)18(17-13)10-11-20-16-8-6-15(19-3)7-9-16/h6-9,12H,4-5,10-11H2,1-3H3. The number of hydrogen-bond donors (Lipinski definition) is 0. The van der Waals surface area contributed by atoms with Crippen molar-refractivity contribution < 1.29 is 9.47 Å². The Morgan fingerprint density at radius 1 is 1.05 bits per heavy atom. The van der Waals surface area contributed by atoms with Crippen molar-refractivity contribution in [2.75, 3.05) is 13.7 Å². The van der Waals surface area contributed by atoms with E-state index in [0.717, 1.165) is 36.6 Å². The number of rotatable bonds is 7. The molecule has 20 heavy (non-hydrogen) atoms. The van der Waals surface area contributed by atoms with Crippen LogP contribution in [0.15, 0.2) is 30.3 Å². The van der Waals surface area contributed by atoms with Gasteiger partial charge in [-0.3, -0.25) is 4.68 Å². The van der Waals surface area contributed by atoms with Gasteiger partial charge in [-0.1, -0.05) is 13.8 Å². The van der Waals surface area contributed by atoms with Gasteiger partial charge < -0.3 is 9.47 Å². The normalized spacial score (nSPS) is 10.6. The van der Waals surface area contributed by atoms with E-state index in [2.05, 4.69) is 25.0 Å². The molecule has 1 aromatic carbocycles. The maximum Gasteiger partial charge on any atom is 0.119 e. The van der Waals surface area contributed by atoms with Gasteiger partial charge in [-0.05, 0) is 43.2 Å². The molecule has 108 valence electrons. The predicted octanol–water partition coefficient (Wildman–Crippen LogP) is 3.10. The molecule has 4 heteroatoms. The Balaban J connectivity index is 1.90. The van der Waals surface area contributed by atoms with E-state index >= 15 is 0 Å². The molecular weight excluding hydrogens is 252 g/mol. The number of nitrogens with zero attached hydrogens (tertiary/aromatic N) is 2. The van der Waals surface area contributed by atoms with Gasteiger partial charge >= 0.3 is 0 Å². The Morgan fingerprint density at radius 3 is 2.35 bits per heavy atom. The summed E-state index contributed by atoms with van der Waals surface area (Å²) in [6.07, 6.45) is 1.97. The molecule has 0 unspecified atom stereocenters. The van der Waals surface area contributed by atoms with Gasteiger partial charge in [0.1, 0.15) is 18.1 Å². The van der Waals surface area contributed by atoms with E-state index in [9.17, 15) is 0 Å². The highest BCUT2D eigenvalue weighted by molar-refractivity contribution is 5.31. The molecule has 0 radical (unpaired) electrons. The van der Waals surface area contributed by atoms with Crippen LogP contribution in [0.3, 0.4) is 0 Å². The monoisotopic (exact) mass is 274 g/mol. The summed E-state index contributed by atoms with van der Waals surface area (Å²) in [7, 11) is 1.66. The highest BCUT2D eigenvalue weighted by atomic mass is 16.5. The molecule has 0 spiro atoms. The number of hydrogen-bond acceptors (Lipinski definition) is 3. The van der Waals surface area contributed by atoms with Crippen LogP contribution in [0.25, 0.3) is 0 Å². The minimum absolute atomic E-state index is 0.615. The summed E-state index contributed by atoms with van der Waals surface area (Å²) in [6.45, 7) is 5.66. The van der Waals surface area contributed by atoms with Crippen LogP contribution in [0, 0.1) is 0 Å². The maximum atomic E-state index is 5.74. The van der Waals surface area contributed by atoms with Crippen molar-refractivity contribution in [2.24, 2.45) is 0 Å². The molecule has 0 amide bonds. The number of aryl methyl sites for hydroxylation is 2. The van der Waals surface area contributed by atoms with Crippen LogP contribution in [0.1, 0.15) is 25.2 Å². The van der Waals surface area contributed by atoms with Gasteiger partial charge in [-0.25, -0.2) is 0 Å². The third-order valence-electron chi connectivity index (χ3n) is 3.27. The Kier molecular flexibility index (Phi) is 5.04. The highest BCUT2D eigenvalue weighted by Crippen LogP contribution is 2.17. The zero-order chi connectivity index (χ0) is 14.4. The van der Waals surface area contributed by atoms with Crippen LogP contribution in [-0.2, 0) is 19.4 Å². The zero-order valence-electron chi connectivity index (χ0n) is 12.4. The Hall–Kier alpha value is -1.97. The van der Waals surface area contributed by atoms with Crippen LogP contribution < -0.4 is 9.47 Å². The minimum atomic E-state index is 0.615. The second-order valence-electron chi connectivity index (χ2n) is 4.58. The Morgan fingerprint density at radius 2 is 1.75 bits per heavy atom. The fraction of sp³-hybridized carbons (Fsp3) is 0.438. The molecule has 0 N–H and O–H groups in total. The number of benzene rings is 1. The summed E-state index contributed by atoms with van der Waals surface area (Å²) < 4.78 is 12.9. The van der Waals surface area contributed by atoms with Crippen molar-refractivity contribution in [2.45, 2.75) is 33.2 Å². The number of methoxy groups -OCH3 is 1. The highest BCUT2D eigenvalue weighted by Gasteiger charge is 2.05. The van der Waals surface area contributed by atoms with Gasteiger partial charge in [-0.15, -0.1) is 0 Å². The lowest BCUT2D eigenvalue weighted by Crippen LogP contribution is -2.12. The SMILES string of the molecule is CCc1cc(CC)n(CCOc2ccc(OC)cc2)n1. The first-order valence-corrected chi connectivity index (χ1v) is 7.09. The smallest absolute Gasteiger partial charge is 0.119 e. The lowest BCUT2D eigenvalue weighted by molar-refractivity contribution is 0.288. The molecule has 0 saturated carbocycles. The quantitative estimate of drug-likeness (QED) is 0.778. The molecule has 4 nitrogen and oxygen atoms in total. The largest absolute Gasteiger partial charge is 0.497 e. The van der Waals surface area contributed by atoms with E-state index in [0.29, 0.717) is 6.61 Å². The van der Waals surface area contributed by atoms with Crippen LogP contribution in [-0.4, -0.2) is 23.5 Å². The second kappa shape index (κ2) is 6.98. The van der Waals surface area contributed by atoms with Crippen LogP contribution in [0.5, 0.6) is 11.5 Å². The van der Waals surface area contributed by atoms with Crippen LogP contribution >= 0.6 is 0 Å². The van der Waals surface area contributed by atoms with Crippen molar-refractivity contribution in [1.29, 1.82) is 0 Å². The molecule has 2 rings (SSSR count). The van der Waals surface area contributed by atoms with Crippen molar-refractivity contribution in [3.8, 4) is 11.5 Å². The van der Waals surface area contributed by atoms with Gasteiger partial charge in [0.05, 0.1) is 19.3 Å². The Labute approximate surface area is 120 Å². The molecule has 1 aromatic heterocycles. The molecule has 0 aliphatic heterocycles. The summed E-state index contributed by atoms with van der Waals surface area (Å²) in [5.74, 6) is 1.69. The summed E-state index contributed by atoms with van der Waals surface area (Å²) >= 11 is 0. The molecular formula is C16H22N2O2. The first kappa shape index (κ1) is 14.4. The van der Waals surface area contributed by atoms with E-state index in [1.165, 1.54) is 5.69 Å². The lowest BCUT2D eigenvalue weighted by Gasteiger charge is -2.09. The summed E-state index contributed by atoms with van der Waals surface area (Å²) in [4.78, 5) is 0. The maximum absolute atomic E-state index is 5.74. The van der Waals surface area contributed by atoms with Gasteiger partial charge in [0.15, 0.2) is 0 Å². The third-order valence-corrected chi connectivity index (χ3v) is 3.27. The molecule has 0 fully saturated rings. The molecule has 2 aromatic rings. The fourth-order valence-corrected chi connectivity index (χ4v) is 2.09. The summed E-state index contributed by atoms with van der Waals surface area (Å²) in [5, 5.41) is 4.57. The van der Waals surface area contributed by atoms with Crippen LogP contribution in [0.2, 0.25) is 0 Å². The van der Waals surface area contributed by atoms with Crippen LogP contribution in [0.4, 0.5) is 0 Å². The van der Waals surface area contributed by atoms with Crippen molar-refractivity contribution in [3.05, 3.63) is 41.7 Å². The van der Waals surface area contributed by atoms with E-state index in [1.54, 1.807) is 7.11 Å². The minimum Gasteiger partial charge on any atom is -0.497 e. The van der Waals surface area contributed by atoms with Gasteiger partial charge in [0.2, 0.25) is 0 Å². The topological polar surface area (TPSA) is 36.3 Å². The van der Waals surface area contributed by atoms with E-state index in [-0.39, 0.29) is 0 Å². The first-order chi connectivity index (χ1) is 9.76. The van der Waals surface area contributed by atoms with Gasteiger partial charge in [-0.2, -0.15) is 5.10 Å².